The minimum Gasteiger partial charge on any atom is -0.387 e. The van der Waals surface area contributed by atoms with Crippen molar-refractivity contribution in [2.45, 2.75) is 58.6 Å². The first-order chi connectivity index (χ1) is 7.16. The number of nitrogens with zero attached hydrogens (tertiary/aromatic N) is 2. The molecule has 0 radical (unpaired) electrons. The molecule has 1 atom stereocenters. The molecule has 1 unspecified atom stereocenters. The van der Waals surface area contributed by atoms with Crippen molar-refractivity contribution >= 4 is 0 Å². The van der Waals surface area contributed by atoms with Crippen LogP contribution in [0, 0.1) is 0 Å². The van der Waals surface area contributed by atoms with E-state index in [2.05, 4.69) is 25.8 Å². The van der Waals surface area contributed by atoms with E-state index in [-0.39, 0.29) is 6.10 Å². The second-order valence-electron chi connectivity index (χ2n) is 4.33. The molecule has 3 nitrogen and oxygen atoms in total. The van der Waals surface area contributed by atoms with Gasteiger partial charge in [0.25, 0.3) is 0 Å². The SMILES string of the molecule is CCCCCC(O)c1cncn1C(C)C. The Morgan fingerprint density at radius 2 is 2.13 bits per heavy atom. The first-order valence-corrected chi connectivity index (χ1v) is 5.86. The third-order valence-electron chi connectivity index (χ3n) is 2.67. The third kappa shape index (κ3) is 3.34. The van der Waals surface area contributed by atoms with Crippen LogP contribution in [0.2, 0.25) is 0 Å². The Balaban J connectivity index is 2.56. The lowest BCUT2D eigenvalue weighted by Crippen LogP contribution is -2.08. The maximum absolute atomic E-state index is 10.0. The van der Waals surface area contributed by atoms with Crippen molar-refractivity contribution in [2.24, 2.45) is 0 Å². The lowest BCUT2D eigenvalue weighted by molar-refractivity contribution is 0.153. The van der Waals surface area contributed by atoms with Crippen molar-refractivity contribution < 1.29 is 5.11 Å². The number of hydrogen-bond acceptors (Lipinski definition) is 2. The molecule has 0 aliphatic heterocycles. The fraction of sp³-hybridized carbons (Fsp3) is 0.750. The van der Waals surface area contributed by atoms with Gasteiger partial charge in [-0.3, -0.25) is 0 Å². The zero-order valence-corrected chi connectivity index (χ0v) is 9.98. The quantitative estimate of drug-likeness (QED) is 0.733. The number of imidazole rings is 1. The number of rotatable bonds is 6. The summed E-state index contributed by atoms with van der Waals surface area (Å²) in [5.74, 6) is 0. The Kier molecular flexibility index (Phi) is 4.82. The Labute approximate surface area is 92.1 Å². The molecule has 1 aromatic heterocycles. The number of aliphatic hydroxyl groups excluding tert-OH is 1. The van der Waals surface area contributed by atoms with Gasteiger partial charge < -0.3 is 9.67 Å². The highest BCUT2D eigenvalue weighted by molar-refractivity contribution is 5.03. The molecule has 0 bridgehead atoms. The second-order valence-corrected chi connectivity index (χ2v) is 4.33. The highest BCUT2D eigenvalue weighted by Crippen LogP contribution is 2.21. The van der Waals surface area contributed by atoms with Crippen LogP contribution >= 0.6 is 0 Å². The fourth-order valence-electron chi connectivity index (χ4n) is 1.74. The Hall–Kier alpha value is -0.830. The van der Waals surface area contributed by atoms with Crippen LogP contribution in [0.4, 0.5) is 0 Å². The summed E-state index contributed by atoms with van der Waals surface area (Å²) in [5, 5.41) is 10.0. The molecule has 86 valence electrons. The zero-order chi connectivity index (χ0) is 11.3. The van der Waals surface area contributed by atoms with Gasteiger partial charge in [-0.1, -0.05) is 26.2 Å². The normalized spacial score (nSPS) is 13.4. The summed E-state index contributed by atoms with van der Waals surface area (Å²) in [6.45, 7) is 6.37. The van der Waals surface area contributed by atoms with Crippen molar-refractivity contribution in [2.75, 3.05) is 0 Å². The molecule has 0 aromatic carbocycles. The van der Waals surface area contributed by atoms with E-state index >= 15 is 0 Å². The average Bonchev–Trinajstić information content (AvgIpc) is 2.66. The van der Waals surface area contributed by atoms with Gasteiger partial charge in [0.15, 0.2) is 0 Å². The molecule has 0 spiro atoms. The molecule has 1 aromatic rings. The number of unbranched alkanes of at least 4 members (excludes halogenated alkanes) is 2. The number of aliphatic hydroxyl groups is 1. The van der Waals surface area contributed by atoms with Crippen molar-refractivity contribution in [3.63, 3.8) is 0 Å². The zero-order valence-electron chi connectivity index (χ0n) is 9.98. The van der Waals surface area contributed by atoms with E-state index < -0.39 is 0 Å². The molecule has 0 amide bonds. The van der Waals surface area contributed by atoms with Crippen LogP contribution < -0.4 is 0 Å². The molecule has 0 aliphatic rings. The molecular formula is C12H22N2O. The predicted molar refractivity (Wildman–Crippen MR) is 61.7 cm³/mol. The van der Waals surface area contributed by atoms with E-state index in [1.807, 2.05) is 4.57 Å². The topological polar surface area (TPSA) is 38.1 Å². The van der Waals surface area contributed by atoms with Gasteiger partial charge in [-0.05, 0) is 20.3 Å². The highest BCUT2D eigenvalue weighted by atomic mass is 16.3. The first-order valence-electron chi connectivity index (χ1n) is 5.86. The molecule has 0 saturated heterocycles. The van der Waals surface area contributed by atoms with Crippen molar-refractivity contribution in [1.82, 2.24) is 9.55 Å². The van der Waals surface area contributed by atoms with Crippen LogP contribution in [0.15, 0.2) is 12.5 Å². The second kappa shape index (κ2) is 5.91. The summed E-state index contributed by atoms with van der Waals surface area (Å²) >= 11 is 0. The smallest absolute Gasteiger partial charge is 0.0955 e. The summed E-state index contributed by atoms with van der Waals surface area (Å²) in [7, 11) is 0. The standard InChI is InChI=1S/C12H22N2O/c1-4-5-6-7-12(15)11-8-13-9-14(11)10(2)3/h8-10,12,15H,4-7H2,1-3H3. The summed E-state index contributed by atoms with van der Waals surface area (Å²) in [4.78, 5) is 4.10. The Bertz CT molecular complexity index is 281. The van der Waals surface area contributed by atoms with Crippen molar-refractivity contribution in [1.29, 1.82) is 0 Å². The summed E-state index contributed by atoms with van der Waals surface area (Å²) in [5.41, 5.74) is 0.945. The summed E-state index contributed by atoms with van der Waals surface area (Å²) in [6.07, 6.45) is 7.51. The van der Waals surface area contributed by atoms with Gasteiger partial charge in [0.1, 0.15) is 0 Å². The Morgan fingerprint density at radius 3 is 2.73 bits per heavy atom. The molecule has 15 heavy (non-hydrogen) atoms. The summed E-state index contributed by atoms with van der Waals surface area (Å²) < 4.78 is 2.04. The minimum atomic E-state index is -0.360. The fourth-order valence-corrected chi connectivity index (χ4v) is 1.74. The van der Waals surface area contributed by atoms with Gasteiger partial charge >= 0.3 is 0 Å². The largest absolute Gasteiger partial charge is 0.387 e. The molecule has 1 heterocycles. The van der Waals surface area contributed by atoms with Crippen LogP contribution in [0.1, 0.15) is 64.3 Å². The van der Waals surface area contributed by atoms with Gasteiger partial charge in [0.2, 0.25) is 0 Å². The summed E-state index contributed by atoms with van der Waals surface area (Å²) in [6, 6.07) is 0.364. The maximum Gasteiger partial charge on any atom is 0.0955 e. The number of aromatic nitrogens is 2. The molecule has 1 rings (SSSR count). The molecule has 1 N–H and O–H groups in total. The molecule has 0 saturated carbocycles. The van der Waals surface area contributed by atoms with E-state index in [9.17, 15) is 5.11 Å². The minimum absolute atomic E-state index is 0.360. The average molecular weight is 210 g/mol. The van der Waals surface area contributed by atoms with E-state index in [1.165, 1.54) is 12.8 Å². The van der Waals surface area contributed by atoms with Crippen molar-refractivity contribution in [3.05, 3.63) is 18.2 Å². The molecule has 0 aliphatic carbocycles. The van der Waals surface area contributed by atoms with Gasteiger partial charge in [-0.15, -0.1) is 0 Å². The monoisotopic (exact) mass is 210 g/mol. The van der Waals surface area contributed by atoms with Gasteiger partial charge in [0, 0.05) is 6.04 Å². The van der Waals surface area contributed by atoms with E-state index in [1.54, 1.807) is 12.5 Å². The van der Waals surface area contributed by atoms with Gasteiger partial charge in [0.05, 0.1) is 24.3 Å². The van der Waals surface area contributed by atoms with E-state index in [4.69, 9.17) is 0 Å². The lowest BCUT2D eigenvalue weighted by Gasteiger charge is -2.16. The van der Waals surface area contributed by atoms with Crippen LogP contribution in [-0.4, -0.2) is 14.7 Å². The van der Waals surface area contributed by atoms with E-state index in [0.29, 0.717) is 6.04 Å². The van der Waals surface area contributed by atoms with Crippen LogP contribution in [0.5, 0.6) is 0 Å². The predicted octanol–water partition coefficient (Wildman–Crippen LogP) is 3.08. The van der Waals surface area contributed by atoms with Gasteiger partial charge in [-0.2, -0.15) is 0 Å². The van der Waals surface area contributed by atoms with E-state index in [0.717, 1.165) is 18.5 Å². The molecule has 0 fully saturated rings. The van der Waals surface area contributed by atoms with Crippen LogP contribution in [0.25, 0.3) is 0 Å². The van der Waals surface area contributed by atoms with Gasteiger partial charge in [-0.25, -0.2) is 4.98 Å². The number of hydrogen-bond donors (Lipinski definition) is 1. The molecule has 3 heteroatoms. The first kappa shape index (κ1) is 12.2. The maximum atomic E-state index is 10.0. The third-order valence-corrected chi connectivity index (χ3v) is 2.67. The van der Waals surface area contributed by atoms with Crippen molar-refractivity contribution in [3.8, 4) is 0 Å². The Morgan fingerprint density at radius 1 is 1.40 bits per heavy atom. The lowest BCUT2D eigenvalue weighted by atomic mass is 10.1. The van der Waals surface area contributed by atoms with Crippen LogP contribution in [0.3, 0.4) is 0 Å². The highest BCUT2D eigenvalue weighted by Gasteiger charge is 2.13. The van der Waals surface area contributed by atoms with Crippen LogP contribution in [-0.2, 0) is 0 Å². The molecular weight excluding hydrogens is 188 g/mol.